The molecule has 16 heavy (non-hydrogen) atoms. The molecule has 0 saturated carbocycles. The number of hydrogen-bond donors (Lipinski definition) is 1. The molecule has 0 amide bonds. The van der Waals surface area contributed by atoms with Gasteiger partial charge < -0.3 is 15.0 Å². The highest BCUT2D eigenvalue weighted by Crippen LogP contribution is 2.25. The first-order valence-electron chi connectivity index (χ1n) is 5.82. The Balaban J connectivity index is 2.91. The maximum atomic E-state index is 5.84. The van der Waals surface area contributed by atoms with Crippen LogP contribution in [0.15, 0.2) is 12.5 Å². The van der Waals surface area contributed by atoms with Gasteiger partial charge in [-0.2, -0.15) is 0 Å². The predicted molar refractivity (Wildman–Crippen MR) is 65.4 cm³/mol. The van der Waals surface area contributed by atoms with Crippen molar-refractivity contribution in [2.24, 2.45) is 11.7 Å². The third-order valence-corrected chi connectivity index (χ3v) is 3.02. The largest absolute Gasteiger partial charge is 0.383 e. The summed E-state index contributed by atoms with van der Waals surface area (Å²) in [7, 11) is 1.72. The zero-order chi connectivity index (χ0) is 12.1. The average molecular weight is 225 g/mol. The van der Waals surface area contributed by atoms with E-state index in [-0.39, 0.29) is 0 Å². The molecule has 2 N–H and O–H groups in total. The van der Waals surface area contributed by atoms with Gasteiger partial charge in [0.15, 0.2) is 0 Å². The molecule has 0 aromatic carbocycles. The maximum absolute atomic E-state index is 5.84. The highest BCUT2D eigenvalue weighted by atomic mass is 16.5. The fraction of sp³-hybridized carbons (Fsp3) is 0.750. The van der Waals surface area contributed by atoms with E-state index in [4.69, 9.17) is 10.5 Å². The van der Waals surface area contributed by atoms with Crippen LogP contribution in [0.2, 0.25) is 0 Å². The van der Waals surface area contributed by atoms with Crippen LogP contribution in [0.1, 0.15) is 38.4 Å². The van der Waals surface area contributed by atoms with E-state index >= 15 is 0 Å². The molecular weight excluding hydrogens is 202 g/mol. The summed E-state index contributed by atoms with van der Waals surface area (Å²) in [4.78, 5) is 4.23. The van der Waals surface area contributed by atoms with E-state index in [0.717, 1.165) is 0 Å². The summed E-state index contributed by atoms with van der Waals surface area (Å²) in [6.45, 7) is 7.86. The van der Waals surface area contributed by atoms with Crippen molar-refractivity contribution < 1.29 is 4.74 Å². The topological polar surface area (TPSA) is 53.1 Å². The van der Waals surface area contributed by atoms with Crippen molar-refractivity contribution in [1.29, 1.82) is 0 Å². The van der Waals surface area contributed by atoms with E-state index in [0.29, 0.717) is 31.0 Å². The van der Waals surface area contributed by atoms with Crippen molar-refractivity contribution in [3.63, 3.8) is 0 Å². The van der Waals surface area contributed by atoms with Crippen molar-refractivity contribution in [3.05, 3.63) is 18.2 Å². The summed E-state index contributed by atoms with van der Waals surface area (Å²) < 4.78 is 7.34. The van der Waals surface area contributed by atoms with Gasteiger partial charge in [-0.05, 0) is 12.8 Å². The number of imidazole rings is 1. The van der Waals surface area contributed by atoms with E-state index in [1.165, 1.54) is 5.69 Å². The predicted octanol–water partition coefficient (Wildman–Crippen LogP) is 1.79. The Morgan fingerprint density at radius 2 is 2.12 bits per heavy atom. The number of rotatable bonds is 6. The Morgan fingerprint density at radius 3 is 2.62 bits per heavy atom. The number of ether oxygens (including phenoxy) is 1. The molecule has 0 aliphatic heterocycles. The van der Waals surface area contributed by atoms with Crippen LogP contribution in [0.25, 0.3) is 0 Å². The molecule has 2 atom stereocenters. The van der Waals surface area contributed by atoms with Crippen molar-refractivity contribution in [2.75, 3.05) is 20.3 Å². The molecule has 1 heterocycles. The molecule has 0 fully saturated rings. The highest BCUT2D eigenvalue weighted by Gasteiger charge is 2.20. The minimum Gasteiger partial charge on any atom is -0.383 e. The summed E-state index contributed by atoms with van der Waals surface area (Å²) in [5.74, 6) is 0.886. The van der Waals surface area contributed by atoms with Crippen LogP contribution in [-0.2, 0) is 4.74 Å². The van der Waals surface area contributed by atoms with Crippen molar-refractivity contribution in [3.8, 4) is 0 Å². The summed E-state index contributed by atoms with van der Waals surface area (Å²) in [6.07, 6.45) is 3.79. The monoisotopic (exact) mass is 225 g/mol. The summed E-state index contributed by atoms with van der Waals surface area (Å²) in [5, 5.41) is 0. The Morgan fingerprint density at radius 1 is 1.44 bits per heavy atom. The Hall–Kier alpha value is -0.870. The van der Waals surface area contributed by atoms with Crippen LogP contribution < -0.4 is 5.73 Å². The minimum atomic E-state index is 0.301. The molecule has 1 aromatic rings. The number of aromatic nitrogens is 2. The maximum Gasteiger partial charge on any atom is 0.0951 e. The minimum absolute atomic E-state index is 0.301. The van der Waals surface area contributed by atoms with Gasteiger partial charge in [-0.25, -0.2) is 4.98 Å². The van der Waals surface area contributed by atoms with E-state index in [1.807, 2.05) is 12.5 Å². The van der Waals surface area contributed by atoms with Crippen LogP contribution >= 0.6 is 0 Å². The number of nitrogens with zero attached hydrogens (tertiary/aromatic N) is 2. The molecular formula is C12H23N3O. The lowest BCUT2D eigenvalue weighted by atomic mass is 9.92. The molecule has 2 unspecified atom stereocenters. The quantitative estimate of drug-likeness (QED) is 0.803. The van der Waals surface area contributed by atoms with E-state index in [2.05, 4.69) is 30.3 Å². The normalized spacial score (nSPS) is 15.4. The molecule has 1 rings (SSSR count). The second-order valence-corrected chi connectivity index (χ2v) is 4.62. The molecule has 4 nitrogen and oxygen atoms in total. The lowest BCUT2D eigenvalue weighted by Gasteiger charge is -2.23. The first kappa shape index (κ1) is 13.2. The van der Waals surface area contributed by atoms with Gasteiger partial charge in [0, 0.05) is 31.5 Å². The molecule has 92 valence electrons. The molecule has 1 aromatic heterocycles. The Kier molecular flexibility index (Phi) is 4.96. The van der Waals surface area contributed by atoms with Gasteiger partial charge in [0.1, 0.15) is 0 Å². The van der Waals surface area contributed by atoms with Crippen LogP contribution in [0.5, 0.6) is 0 Å². The number of methoxy groups -OCH3 is 1. The van der Waals surface area contributed by atoms with E-state index < -0.39 is 0 Å². The first-order valence-corrected chi connectivity index (χ1v) is 5.82. The molecule has 0 spiro atoms. The zero-order valence-corrected chi connectivity index (χ0v) is 10.7. The summed E-state index contributed by atoms with van der Waals surface area (Å²) in [6, 6.07) is 0.301. The fourth-order valence-electron chi connectivity index (χ4n) is 2.03. The molecule has 0 bridgehead atoms. The van der Waals surface area contributed by atoms with Crippen LogP contribution in [0.4, 0.5) is 0 Å². The van der Waals surface area contributed by atoms with Crippen LogP contribution in [0, 0.1) is 5.92 Å². The van der Waals surface area contributed by atoms with Gasteiger partial charge in [0.05, 0.1) is 19.0 Å². The first-order chi connectivity index (χ1) is 7.61. The third-order valence-electron chi connectivity index (χ3n) is 3.02. The Bertz CT molecular complexity index is 309. The third kappa shape index (κ3) is 2.83. The van der Waals surface area contributed by atoms with Crippen molar-refractivity contribution >= 4 is 0 Å². The van der Waals surface area contributed by atoms with Gasteiger partial charge in [-0.3, -0.25) is 0 Å². The van der Waals surface area contributed by atoms with Crippen molar-refractivity contribution in [1.82, 2.24) is 9.55 Å². The number of hydrogen-bond acceptors (Lipinski definition) is 3. The summed E-state index contributed by atoms with van der Waals surface area (Å²) >= 11 is 0. The second-order valence-electron chi connectivity index (χ2n) is 4.62. The molecule has 4 heteroatoms. The van der Waals surface area contributed by atoms with Gasteiger partial charge >= 0.3 is 0 Å². The highest BCUT2D eigenvalue weighted by molar-refractivity contribution is 5.09. The van der Waals surface area contributed by atoms with Crippen LogP contribution in [-0.4, -0.2) is 29.8 Å². The zero-order valence-electron chi connectivity index (χ0n) is 10.7. The lowest BCUT2D eigenvalue weighted by Crippen LogP contribution is -2.23. The molecule has 0 aliphatic carbocycles. The smallest absolute Gasteiger partial charge is 0.0951 e. The SMILES string of the molecule is COCC(C)n1cncc1C(CN)C(C)C. The summed E-state index contributed by atoms with van der Waals surface area (Å²) in [5.41, 5.74) is 7.05. The van der Waals surface area contributed by atoms with E-state index in [1.54, 1.807) is 7.11 Å². The van der Waals surface area contributed by atoms with Gasteiger partial charge in [0.25, 0.3) is 0 Å². The van der Waals surface area contributed by atoms with Gasteiger partial charge in [-0.1, -0.05) is 13.8 Å². The Labute approximate surface area is 97.8 Å². The average Bonchev–Trinajstić information content (AvgIpc) is 2.67. The standard InChI is InChI=1S/C12H23N3O/c1-9(2)11(5-13)12-6-14-8-15(12)10(3)7-16-4/h6,8-11H,5,7,13H2,1-4H3. The lowest BCUT2D eigenvalue weighted by molar-refractivity contribution is 0.160. The van der Waals surface area contributed by atoms with E-state index in [9.17, 15) is 0 Å². The molecule has 0 radical (unpaired) electrons. The number of nitrogens with two attached hydrogens (primary N) is 1. The molecule has 0 saturated heterocycles. The van der Waals surface area contributed by atoms with Gasteiger partial charge in [0.2, 0.25) is 0 Å². The van der Waals surface area contributed by atoms with Gasteiger partial charge in [-0.15, -0.1) is 0 Å². The second kappa shape index (κ2) is 6.01. The van der Waals surface area contributed by atoms with Crippen LogP contribution in [0.3, 0.4) is 0 Å². The molecule has 0 aliphatic rings. The fourth-order valence-corrected chi connectivity index (χ4v) is 2.03. The van der Waals surface area contributed by atoms with Crippen molar-refractivity contribution in [2.45, 2.75) is 32.7 Å².